The van der Waals surface area contributed by atoms with Crippen molar-refractivity contribution in [3.8, 4) is 5.75 Å². The Labute approximate surface area is 255 Å². The molecule has 2 aromatic heterocycles. The summed E-state index contributed by atoms with van der Waals surface area (Å²) in [5.74, 6) is -1.90. The van der Waals surface area contributed by atoms with Gasteiger partial charge in [-0.2, -0.15) is 4.37 Å². The molecule has 1 aliphatic rings. The smallest absolute Gasteiger partial charge is 0.333 e. The number of hydrogen-bond acceptors (Lipinski definition) is 10. The monoisotopic (exact) mass is 613 g/mol. The van der Waals surface area contributed by atoms with Crippen molar-refractivity contribution in [1.29, 1.82) is 0 Å². The fourth-order valence-corrected chi connectivity index (χ4v) is 6.96. The highest BCUT2D eigenvalue weighted by molar-refractivity contribution is 7.11. The normalized spacial score (nSPS) is 20.8. The van der Waals surface area contributed by atoms with Gasteiger partial charge < -0.3 is 19.1 Å². The Morgan fingerprint density at radius 1 is 1.10 bits per heavy atom. The van der Waals surface area contributed by atoms with Gasteiger partial charge in [0.05, 0.1) is 31.9 Å². The zero-order valence-electron chi connectivity index (χ0n) is 25.6. The van der Waals surface area contributed by atoms with Gasteiger partial charge in [-0.3, -0.25) is 9.59 Å². The summed E-state index contributed by atoms with van der Waals surface area (Å²) < 4.78 is 21.4. The quantitative estimate of drug-likeness (QED) is 0.303. The second-order valence-corrected chi connectivity index (χ2v) is 14.6. The molecule has 0 N–H and O–H groups in total. The van der Waals surface area contributed by atoms with Crippen molar-refractivity contribution in [1.82, 2.24) is 14.3 Å². The van der Waals surface area contributed by atoms with E-state index < -0.39 is 40.9 Å². The molecule has 0 bridgehead atoms. The van der Waals surface area contributed by atoms with Crippen LogP contribution in [0.2, 0.25) is 0 Å². The van der Waals surface area contributed by atoms with Crippen molar-refractivity contribution in [3.63, 3.8) is 0 Å². The lowest BCUT2D eigenvalue weighted by atomic mass is 9.85. The molecule has 4 rings (SSSR count). The Morgan fingerprint density at radius 3 is 2.33 bits per heavy atom. The summed E-state index contributed by atoms with van der Waals surface area (Å²) in [6.45, 7) is 13.4. The fourth-order valence-electron chi connectivity index (χ4n) is 5.49. The molecule has 0 spiro atoms. The van der Waals surface area contributed by atoms with Crippen LogP contribution < -0.4 is 4.74 Å². The van der Waals surface area contributed by atoms with Crippen molar-refractivity contribution in [3.05, 3.63) is 62.5 Å². The first-order valence-corrected chi connectivity index (χ1v) is 15.4. The first-order chi connectivity index (χ1) is 19.6. The van der Waals surface area contributed by atoms with Gasteiger partial charge in [-0.15, -0.1) is 11.3 Å². The van der Waals surface area contributed by atoms with Crippen LogP contribution in [0.1, 0.15) is 85.5 Å². The van der Waals surface area contributed by atoms with Gasteiger partial charge in [0.1, 0.15) is 21.9 Å². The van der Waals surface area contributed by atoms with Gasteiger partial charge in [0.2, 0.25) is 0 Å². The molecule has 3 aromatic rings. The summed E-state index contributed by atoms with van der Waals surface area (Å²) in [5, 5.41) is 2.35. The van der Waals surface area contributed by atoms with Crippen molar-refractivity contribution in [2.45, 2.75) is 83.9 Å². The van der Waals surface area contributed by atoms with Gasteiger partial charge in [-0.1, -0.05) is 26.8 Å². The summed E-state index contributed by atoms with van der Waals surface area (Å²) in [6.07, 6.45) is 1.74. The number of carbonyl (C=O) groups is 3. The van der Waals surface area contributed by atoms with Crippen molar-refractivity contribution in [2.24, 2.45) is 5.92 Å². The predicted molar refractivity (Wildman–Crippen MR) is 162 cm³/mol. The van der Waals surface area contributed by atoms with Crippen LogP contribution >= 0.6 is 22.9 Å². The molecular weight excluding hydrogens is 574 g/mol. The van der Waals surface area contributed by atoms with Crippen LogP contribution in [0.25, 0.3) is 0 Å². The lowest BCUT2D eigenvalue weighted by Crippen LogP contribution is -2.57. The van der Waals surface area contributed by atoms with E-state index in [9.17, 15) is 14.4 Å². The number of methoxy groups -OCH3 is 2. The topological polar surface area (TPSA) is 108 Å². The molecule has 1 amide bonds. The van der Waals surface area contributed by atoms with Gasteiger partial charge >= 0.3 is 11.9 Å². The Balaban J connectivity index is 1.99. The zero-order valence-corrected chi connectivity index (χ0v) is 27.3. The van der Waals surface area contributed by atoms with E-state index in [4.69, 9.17) is 14.2 Å². The molecular formula is C31H39N3O6S2. The third-order valence-corrected chi connectivity index (χ3v) is 8.87. The SMILES string of the molecule is COC(=O)[C@H]1C[C@@](Cc2ccsn2)(C(=O)OC(C)(C)C)N(C(=O)c2ccc(C(C)(C)C)c(OC)c2)[C@H]1c1ncc(C)s1. The van der Waals surface area contributed by atoms with E-state index in [1.165, 1.54) is 34.9 Å². The minimum absolute atomic E-state index is 0.0155. The molecule has 1 aliphatic heterocycles. The molecule has 226 valence electrons. The third kappa shape index (κ3) is 6.22. The first-order valence-electron chi connectivity index (χ1n) is 13.8. The Kier molecular flexibility index (Phi) is 8.85. The van der Waals surface area contributed by atoms with E-state index in [0.717, 1.165) is 10.4 Å². The van der Waals surface area contributed by atoms with Gasteiger partial charge in [0.15, 0.2) is 0 Å². The van der Waals surface area contributed by atoms with Crippen LogP contribution in [0.5, 0.6) is 5.75 Å². The maximum absolute atomic E-state index is 14.8. The molecule has 3 heterocycles. The van der Waals surface area contributed by atoms with Crippen LogP contribution in [0, 0.1) is 12.8 Å². The predicted octanol–water partition coefficient (Wildman–Crippen LogP) is 5.91. The highest BCUT2D eigenvalue weighted by atomic mass is 32.1. The number of aryl methyl sites for hydroxylation is 1. The van der Waals surface area contributed by atoms with E-state index in [1.807, 2.05) is 24.4 Å². The van der Waals surface area contributed by atoms with Crippen LogP contribution in [0.4, 0.5) is 0 Å². The Morgan fingerprint density at radius 2 is 1.81 bits per heavy atom. The molecule has 1 saturated heterocycles. The maximum Gasteiger partial charge on any atom is 0.333 e. The fraction of sp³-hybridized carbons (Fsp3) is 0.516. The van der Waals surface area contributed by atoms with Gasteiger partial charge in [-0.05, 0) is 74.8 Å². The van der Waals surface area contributed by atoms with E-state index in [0.29, 0.717) is 22.0 Å². The summed E-state index contributed by atoms with van der Waals surface area (Å²) in [4.78, 5) is 49.6. The van der Waals surface area contributed by atoms with Crippen molar-refractivity contribution in [2.75, 3.05) is 14.2 Å². The average Bonchev–Trinajstić information content (AvgIpc) is 3.65. The van der Waals surface area contributed by atoms with E-state index in [1.54, 1.807) is 46.2 Å². The summed E-state index contributed by atoms with van der Waals surface area (Å²) in [6, 6.07) is 6.25. The molecule has 9 nitrogen and oxygen atoms in total. The number of likely N-dealkylation sites (tertiary alicyclic amines) is 1. The third-order valence-electron chi connectivity index (χ3n) is 7.29. The molecule has 3 atom stereocenters. The van der Waals surface area contributed by atoms with Gasteiger partial charge in [0.25, 0.3) is 5.91 Å². The number of rotatable bonds is 7. The largest absolute Gasteiger partial charge is 0.496 e. The number of aromatic nitrogens is 2. The number of hydrogen-bond donors (Lipinski definition) is 0. The number of ether oxygens (including phenoxy) is 3. The Hall–Kier alpha value is -3.31. The van der Waals surface area contributed by atoms with Gasteiger partial charge in [-0.25, -0.2) is 9.78 Å². The summed E-state index contributed by atoms with van der Waals surface area (Å²) in [5.41, 5.74) is -0.795. The number of esters is 2. The molecule has 0 aliphatic carbocycles. The highest BCUT2D eigenvalue weighted by Crippen LogP contribution is 2.51. The van der Waals surface area contributed by atoms with E-state index in [2.05, 4.69) is 30.1 Å². The summed E-state index contributed by atoms with van der Waals surface area (Å²) in [7, 11) is 2.87. The minimum atomic E-state index is -1.57. The zero-order chi connectivity index (χ0) is 31.0. The lowest BCUT2D eigenvalue weighted by molar-refractivity contribution is -0.167. The number of carbonyl (C=O) groups excluding carboxylic acids is 3. The van der Waals surface area contributed by atoms with Crippen LogP contribution in [-0.2, 0) is 30.9 Å². The molecule has 0 radical (unpaired) electrons. The first kappa shape index (κ1) is 31.6. The van der Waals surface area contributed by atoms with E-state index >= 15 is 0 Å². The minimum Gasteiger partial charge on any atom is -0.496 e. The second-order valence-electron chi connectivity index (χ2n) is 12.6. The number of thiazole rings is 1. The molecule has 0 unspecified atom stereocenters. The molecule has 11 heteroatoms. The molecule has 0 saturated carbocycles. The molecule has 42 heavy (non-hydrogen) atoms. The van der Waals surface area contributed by atoms with E-state index in [-0.39, 0.29) is 18.3 Å². The van der Waals surface area contributed by atoms with Crippen molar-refractivity contribution >= 4 is 40.7 Å². The highest BCUT2D eigenvalue weighted by Gasteiger charge is 2.63. The van der Waals surface area contributed by atoms with Gasteiger partial charge in [0, 0.05) is 28.4 Å². The second kappa shape index (κ2) is 11.8. The van der Waals surface area contributed by atoms with Crippen molar-refractivity contribution < 1.29 is 28.6 Å². The van der Waals surface area contributed by atoms with Crippen LogP contribution in [0.15, 0.2) is 35.8 Å². The summed E-state index contributed by atoms with van der Waals surface area (Å²) >= 11 is 2.63. The molecule has 1 fully saturated rings. The standard InChI is InChI=1S/C31H39N3O6S2/c1-18-17-32-25(42-18)24-21(27(36)39-9)16-31(15-20-12-13-41-33-20,28(37)40-30(5,6)7)34(24)26(35)19-10-11-22(29(2,3)4)23(14-19)38-8/h10-14,17,21,24H,15-16H2,1-9H3/t21-,24+,31-/m0/s1. The molecule has 1 aromatic carbocycles. The number of amides is 1. The lowest BCUT2D eigenvalue weighted by Gasteiger charge is -2.40. The Bertz CT molecular complexity index is 1450. The number of benzene rings is 1. The van der Waals surface area contributed by atoms with Crippen LogP contribution in [-0.4, -0.2) is 57.5 Å². The average molecular weight is 614 g/mol. The maximum atomic E-state index is 14.8. The number of nitrogens with zero attached hydrogens (tertiary/aromatic N) is 3. The van der Waals surface area contributed by atoms with Crippen LogP contribution in [0.3, 0.4) is 0 Å².